The van der Waals surface area contributed by atoms with Gasteiger partial charge in [0.15, 0.2) is 8.32 Å². The smallest absolute Gasteiger partial charge is 0.184 e. The van der Waals surface area contributed by atoms with Crippen LogP contribution in [0.5, 0.6) is 0 Å². The molecule has 0 unspecified atom stereocenters. The van der Waals surface area contributed by atoms with Crippen LogP contribution in [0.15, 0.2) is 36.4 Å². The monoisotopic (exact) mass is 246 g/mol. The van der Waals surface area contributed by atoms with Gasteiger partial charge in [-0.15, -0.1) is 0 Å². The summed E-state index contributed by atoms with van der Waals surface area (Å²) in [6, 6.07) is 10.7. The molecule has 0 aromatic heterocycles. The molecule has 17 heavy (non-hydrogen) atoms. The molecule has 1 aromatic rings. The standard InChI is InChI=1S/C15H22OSi/c1-17(2,3)16-15-12-8-7-11-14(15)13-9-5-4-6-10-13/h4-6,9-11,15H,7-8,12H2,1-3H3/t15-/m0/s1. The lowest BCUT2D eigenvalue weighted by Crippen LogP contribution is -2.33. The summed E-state index contributed by atoms with van der Waals surface area (Å²) in [7, 11) is -1.46. The van der Waals surface area contributed by atoms with Crippen molar-refractivity contribution in [1.29, 1.82) is 0 Å². The minimum Gasteiger partial charge on any atom is -0.411 e. The summed E-state index contributed by atoms with van der Waals surface area (Å²) in [6.45, 7) is 6.80. The zero-order valence-corrected chi connectivity index (χ0v) is 12.1. The molecular weight excluding hydrogens is 224 g/mol. The van der Waals surface area contributed by atoms with Crippen LogP contribution < -0.4 is 0 Å². The van der Waals surface area contributed by atoms with Gasteiger partial charge in [0, 0.05) is 0 Å². The first kappa shape index (κ1) is 12.6. The highest BCUT2D eigenvalue weighted by atomic mass is 28.4. The molecular formula is C15H22OSi. The molecule has 1 atom stereocenters. The Morgan fingerprint density at radius 3 is 2.47 bits per heavy atom. The Bertz CT molecular complexity index is 389. The Labute approximate surface area is 106 Å². The van der Waals surface area contributed by atoms with E-state index >= 15 is 0 Å². The Morgan fingerprint density at radius 1 is 1.12 bits per heavy atom. The first-order valence-corrected chi connectivity index (χ1v) is 9.90. The van der Waals surface area contributed by atoms with Crippen molar-refractivity contribution in [3.8, 4) is 0 Å². The van der Waals surface area contributed by atoms with Crippen molar-refractivity contribution in [2.45, 2.75) is 45.0 Å². The lowest BCUT2D eigenvalue weighted by molar-refractivity contribution is 0.232. The zero-order valence-electron chi connectivity index (χ0n) is 11.1. The van der Waals surface area contributed by atoms with E-state index in [1.165, 1.54) is 30.4 Å². The zero-order chi connectivity index (χ0) is 12.3. The fraction of sp³-hybridized carbons (Fsp3) is 0.467. The SMILES string of the molecule is C[Si](C)(C)O[C@H]1CCCC=C1c1ccccc1. The molecule has 1 aliphatic rings. The van der Waals surface area contributed by atoms with Crippen LogP contribution in [0.3, 0.4) is 0 Å². The van der Waals surface area contributed by atoms with E-state index in [1.807, 2.05) is 0 Å². The first-order chi connectivity index (χ1) is 8.06. The number of hydrogen-bond acceptors (Lipinski definition) is 1. The number of benzene rings is 1. The van der Waals surface area contributed by atoms with E-state index in [0.717, 1.165) is 0 Å². The third-order valence-corrected chi connectivity index (χ3v) is 3.98. The largest absolute Gasteiger partial charge is 0.411 e. The summed E-state index contributed by atoms with van der Waals surface area (Å²) in [4.78, 5) is 0. The van der Waals surface area contributed by atoms with E-state index in [2.05, 4.69) is 56.0 Å². The van der Waals surface area contributed by atoms with Crippen molar-refractivity contribution in [1.82, 2.24) is 0 Å². The van der Waals surface area contributed by atoms with E-state index in [-0.39, 0.29) is 0 Å². The first-order valence-electron chi connectivity index (χ1n) is 6.49. The number of hydrogen-bond donors (Lipinski definition) is 0. The summed E-state index contributed by atoms with van der Waals surface area (Å²) in [5.41, 5.74) is 2.73. The van der Waals surface area contributed by atoms with Crippen LogP contribution in [0.4, 0.5) is 0 Å². The lowest BCUT2D eigenvalue weighted by atomic mass is 9.91. The molecule has 0 bridgehead atoms. The Morgan fingerprint density at radius 2 is 1.82 bits per heavy atom. The third kappa shape index (κ3) is 3.55. The summed E-state index contributed by atoms with van der Waals surface area (Å²) in [5.74, 6) is 0. The molecule has 0 saturated carbocycles. The Balaban J connectivity index is 2.21. The van der Waals surface area contributed by atoms with Gasteiger partial charge in [0.2, 0.25) is 0 Å². The van der Waals surface area contributed by atoms with Crippen molar-refractivity contribution in [3.63, 3.8) is 0 Å². The predicted octanol–water partition coefficient (Wildman–Crippen LogP) is 4.47. The molecule has 0 saturated heterocycles. The number of rotatable bonds is 3. The molecule has 0 heterocycles. The van der Waals surface area contributed by atoms with Crippen molar-refractivity contribution in [3.05, 3.63) is 42.0 Å². The van der Waals surface area contributed by atoms with Crippen LogP contribution in [0, 0.1) is 0 Å². The van der Waals surface area contributed by atoms with Gasteiger partial charge in [-0.3, -0.25) is 0 Å². The van der Waals surface area contributed by atoms with Gasteiger partial charge in [-0.25, -0.2) is 0 Å². The van der Waals surface area contributed by atoms with Gasteiger partial charge in [-0.1, -0.05) is 36.4 Å². The maximum Gasteiger partial charge on any atom is 0.184 e. The fourth-order valence-corrected chi connectivity index (χ4v) is 3.43. The molecule has 0 radical (unpaired) electrons. The van der Waals surface area contributed by atoms with Crippen molar-refractivity contribution >= 4 is 13.9 Å². The average Bonchev–Trinajstić information content (AvgIpc) is 2.29. The topological polar surface area (TPSA) is 9.23 Å². The normalized spacial score (nSPS) is 21.1. The van der Waals surface area contributed by atoms with Crippen LogP contribution in [-0.4, -0.2) is 14.4 Å². The van der Waals surface area contributed by atoms with Gasteiger partial charge >= 0.3 is 0 Å². The molecule has 0 amide bonds. The maximum atomic E-state index is 6.32. The van der Waals surface area contributed by atoms with Crippen molar-refractivity contribution in [2.75, 3.05) is 0 Å². The summed E-state index contributed by atoms with van der Waals surface area (Å²) >= 11 is 0. The minimum absolute atomic E-state index is 0.317. The molecule has 1 aliphatic carbocycles. The summed E-state index contributed by atoms with van der Waals surface area (Å²) < 4.78 is 6.32. The predicted molar refractivity (Wildman–Crippen MR) is 76.5 cm³/mol. The lowest BCUT2D eigenvalue weighted by Gasteiger charge is -2.31. The van der Waals surface area contributed by atoms with Crippen LogP contribution in [0.25, 0.3) is 5.57 Å². The molecule has 1 aromatic carbocycles. The summed E-state index contributed by atoms with van der Waals surface area (Å²) in [5, 5.41) is 0. The highest BCUT2D eigenvalue weighted by Gasteiger charge is 2.25. The second-order valence-electron chi connectivity index (χ2n) is 5.68. The number of allylic oxidation sites excluding steroid dienone is 1. The third-order valence-electron chi connectivity index (χ3n) is 2.98. The molecule has 92 valence electrons. The second kappa shape index (κ2) is 5.19. The second-order valence-corrected chi connectivity index (χ2v) is 10.1. The Kier molecular flexibility index (Phi) is 3.85. The van der Waals surface area contributed by atoms with E-state index in [0.29, 0.717) is 6.10 Å². The van der Waals surface area contributed by atoms with Crippen LogP contribution in [0.1, 0.15) is 24.8 Å². The van der Waals surface area contributed by atoms with Crippen LogP contribution in [-0.2, 0) is 4.43 Å². The van der Waals surface area contributed by atoms with Gasteiger partial charge in [0.05, 0.1) is 6.10 Å². The van der Waals surface area contributed by atoms with Gasteiger partial charge in [-0.05, 0) is 50.0 Å². The highest BCUT2D eigenvalue weighted by Crippen LogP contribution is 2.31. The summed E-state index contributed by atoms with van der Waals surface area (Å²) in [6.07, 6.45) is 6.30. The van der Waals surface area contributed by atoms with E-state index in [4.69, 9.17) is 4.43 Å². The molecule has 0 N–H and O–H groups in total. The van der Waals surface area contributed by atoms with Gasteiger partial charge in [-0.2, -0.15) is 0 Å². The Hall–Kier alpha value is -0.863. The highest BCUT2D eigenvalue weighted by molar-refractivity contribution is 6.69. The molecule has 1 nitrogen and oxygen atoms in total. The molecule has 2 rings (SSSR count). The van der Waals surface area contributed by atoms with E-state index in [9.17, 15) is 0 Å². The fourth-order valence-electron chi connectivity index (χ4n) is 2.33. The van der Waals surface area contributed by atoms with E-state index in [1.54, 1.807) is 0 Å². The quantitative estimate of drug-likeness (QED) is 0.715. The van der Waals surface area contributed by atoms with Gasteiger partial charge in [0.25, 0.3) is 0 Å². The van der Waals surface area contributed by atoms with Crippen LogP contribution in [0.2, 0.25) is 19.6 Å². The van der Waals surface area contributed by atoms with Gasteiger partial charge < -0.3 is 4.43 Å². The van der Waals surface area contributed by atoms with Crippen molar-refractivity contribution < 1.29 is 4.43 Å². The van der Waals surface area contributed by atoms with Crippen molar-refractivity contribution in [2.24, 2.45) is 0 Å². The molecule has 0 fully saturated rings. The van der Waals surface area contributed by atoms with Crippen LogP contribution >= 0.6 is 0 Å². The minimum atomic E-state index is -1.46. The van der Waals surface area contributed by atoms with Gasteiger partial charge in [0.1, 0.15) is 0 Å². The molecule has 0 spiro atoms. The molecule has 2 heteroatoms. The molecule has 0 aliphatic heterocycles. The maximum absolute atomic E-state index is 6.32. The van der Waals surface area contributed by atoms with E-state index < -0.39 is 8.32 Å². The average molecular weight is 246 g/mol.